The number of nitrogens with one attached hydrogen (secondary N) is 1. The molecule has 146 valence electrons. The van der Waals surface area contributed by atoms with Crippen molar-refractivity contribution in [3.05, 3.63) is 63.2 Å². The molecule has 0 aliphatic heterocycles. The third kappa shape index (κ3) is 4.02. The van der Waals surface area contributed by atoms with Crippen LogP contribution < -0.4 is 15.5 Å². The Morgan fingerprint density at radius 3 is 2.68 bits per heavy atom. The quantitative estimate of drug-likeness (QED) is 0.682. The summed E-state index contributed by atoms with van der Waals surface area (Å²) in [5.74, 6) is -0.236. The van der Waals surface area contributed by atoms with Crippen molar-refractivity contribution in [2.45, 2.75) is 26.8 Å². The highest BCUT2D eigenvalue weighted by Gasteiger charge is 2.19. The molecule has 0 saturated heterocycles. The number of ether oxygens (including phenoxy) is 1. The molecule has 0 saturated carbocycles. The molecule has 7 heteroatoms. The highest BCUT2D eigenvalue weighted by molar-refractivity contribution is 6.33. The fourth-order valence-electron chi connectivity index (χ4n) is 2.91. The van der Waals surface area contributed by atoms with Gasteiger partial charge in [0.05, 0.1) is 16.0 Å². The van der Waals surface area contributed by atoms with Crippen molar-refractivity contribution in [3.8, 4) is 16.9 Å². The van der Waals surface area contributed by atoms with Crippen LogP contribution in [-0.2, 0) is 4.79 Å². The number of fused-ring (bicyclic) bond motifs is 1. The topological polar surface area (TPSA) is 68.5 Å². The largest absolute Gasteiger partial charge is 0.484 e. The second-order valence-electron chi connectivity index (χ2n) is 6.63. The van der Waals surface area contributed by atoms with E-state index in [1.165, 1.54) is 30.3 Å². The summed E-state index contributed by atoms with van der Waals surface area (Å²) in [6.45, 7) is 5.12. The average molecular weight is 404 g/mol. The van der Waals surface area contributed by atoms with Crippen LogP contribution >= 0.6 is 11.6 Å². The van der Waals surface area contributed by atoms with Crippen LogP contribution in [-0.4, -0.2) is 18.6 Å². The van der Waals surface area contributed by atoms with Crippen molar-refractivity contribution in [3.63, 3.8) is 0 Å². The maximum atomic E-state index is 14.3. The lowest BCUT2D eigenvalue weighted by Gasteiger charge is -2.12. The zero-order chi connectivity index (χ0) is 20.4. The number of rotatable bonds is 5. The van der Waals surface area contributed by atoms with Crippen LogP contribution in [0.25, 0.3) is 22.1 Å². The van der Waals surface area contributed by atoms with Crippen molar-refractivity contribution in [2.75, 3.05) is 6.61 Å². The van der Waals surface area contributed by atoms with Gasteiger partial charge in [-0.3, -0.25) is 9.59 Å². The van der Waals surface area contributed by atoms with Crippen LogP contribution in [0.4, 0.5) is 4.39 Å². The number of hydrogen-bond acceptors (Lipinski definition) is 4. The van der Waals surface area contributed by atoms with E-state index in [4.69, 9.17) is 20.8 Å². The van der Waals surface area contributed by atoms with Gasteiger partial charge in [-0.15, -0.1) is 0 Å². The van der Waals surface area contributed by atoms with E-state index in [2.05, 4.69) is 5.32 Å². The van der Waals surface area contributed by atoms with Gasteiger partial charge in [0.15, 0.2) is 6.61 Å². The number of benzene rings is 2. The molecule has 0 aliphatic carbocycles. The fraction of sp³-hybridized carbons (Fsp3) is 0.238. The lowest BCUT2D eigenvalue weighted by Crippen LogP contribution is -2.34. The predicted octanol–water partition coefficient (Wildman–Crippen LogP) is 4.46. The van der Waals surface area contributed by atoms with E-state index in [0.29, 0.717) is 5.75 Å². The summed E-state index contributed by atoms with van der Waals surface area (Å²) in [6.07, 6.45) is 0. The van der Waals surface area contributed by atoms with Gasteiger partial charge in [0.1, 0.15) is 22.9 Å². The van der Waals surface area contributed by atoms with Crippen LogP contribution in [0.1, 0.15) is 19.6 Å². The predicted molar refractivity (Wildman–Crippen MR) is 106 cm³/mol. The van der Waals surface area contributed by atoms with Crippen molar-refractivity contribution in [1.82, 2.24) is 5.32 Å². The Bertz CT molecular complexity index is 1090. The Hall–Kier alpha value is -2.86. The summed E-state index contributed by atoms with van der Waals surface area (Å²) in [5.41, 5.74) is -0.0149. The molecule has 5 nitrogen and oxygen atoms in total. The minimum Gasteiger partial charge on any atom is -0.484 e. The van der Waals surface area contributed by atoms with E-state index >= 15 is 0 Å². The fourth-order valence-corrected chi connectivity index (χ4v) is 3.17. The van der Waals surface area contributed by atoms with Crippen molar-refractivity contribution < 1.29 is 18.3 Å². The molecule has 1 N–H and O–H groups in total. The first kappa shape index (κ1) is 19.9. The average Bonchev–Trinajstić information content (AvgIpc) is 2.61. The van der Waals surface area contributed by atoms with Gasteiger partial charge in [-0.1, -0.05) is 17.7 Å². The normalized spacial score (nSPS) is 11.1. The summed E-state index contributed by atoms with van der Waals surface area (Å²) in [5, 5.41) is 3.11. The molecule has 0 atom stereocenters. The molecule has 3 rings (SSSR count). The van der Waals surface area contributed by atoms with Crippen LogP contribution in [0.2, 0.25) is 5.02 Å². The van der Waals surface area contributed by atoms with Gasteiger partial charge in [0, 0.05) is 17.7 Å². The summed E-state index contributed by atoms with van der Waals surface area (Å²) < 4.78 is 25.5. The number of carbonyl (C=O) groups is 1. The van der Waals surface area contributed by atoms with Gasteiger partial charge in [-0.2, -0.15) is 0 Å². The molecular formula is C21H19ClFNO4. The number of aryl methyl sites for hydroxylation is 1. The van der Waals surface area contributed by atoms with Crippen molar-refractivity contribution in [1.29, 1.82) is 0 Å². The van der Waals surface area contributed by atoms with Crippen LogP contribution in [0, 0.1) is 12.7 Å². The number of amides is 1. The molecule has 0 bridgehead atoms. The highest BCUT2D eigenvalue weighted by Crippen LogP contribution is 2.32. The molecule has 1 aromatic heterocycles. The zero-order valence-electron chi connectivity index (χ0n) is 15.6. The van der Waals surface area contributed by atoms with Gasteiger partial charge in [0.25, 0.3) is 5.91 Å². The third-order valence-electron chi connectivity index (χ3n) is 4.07. The van der Waals surface area contributed by atoms with E-state index in [-0.39, 0.29) is 51.4 Å². The van der Waals surface area contributed by atoms with E-state index in [0.717, 1.165) is 0 Å². The Morgan fingerprint density at radius 1 is 1.25 bits per heavy atom. The maximum absolute atomic E-state index is 14.3. The summed E-state index contributed by atoms with van der Waals surface area (Å²) in [6, 6.07) is 8.85. The molecule has 0 aliphatic rings. The first-order valence-corrected chi connectivity index (χ1v) is 9.09. The Morgan fingerprint density at radius 2 is 2.00 bits per heavy atom. The van der Waals surface area contributed by atoms with Gasteiger partial charge in [-0.05, 0) is 45.0 Å². The molecule has 0 fully saturated rings. The van der Waals surface area contributed by atoms with Gasteiger partial charge in [-0.25, -0.2) is 4.39 Å². The molecule has 1 amide bonds. The molecule has 0 unspecified atom stereocenters. The lowest BCUT2D eigenvalue weighted by atomic mass is 10.0. The van der Waals surface area contributed by atoms with E-state index in [9.17, 15) is 14.0 Å². The standard InChI is InChI=1S/C21H19ClFNO4/c1-11(2)24-18(25)10-27-13-7-8-14-17(9-13)28-12(3)19(21(14)26)20-15(22)5-4-6-16(20)23/h4-9,11H,10H2,1-3H3,(H,24,25). The first-order valence-electron chi connectivity index (χ1n) is 8.72. The molecular weight excluding hydrogens is 385 g/mol. The van der Waals surface area contributed by atoms with Gasteiger partial charge < -0.3 is 14.5 Å². The van der Waals surface area contributed by atoms with Gasteiger partial charge >= 0.3 is 0 Å². The third-order valence-corrected chi connectivity index (χ3v) is 4.39. The minimum absolute atomic E-state index is 0.0111. The summed E-state index contributed by atoms with van der Waals surface area (Å²) in [7, 11) is 0. The van der Waals surface area contributed by atoms with E-state index in [1.807, 2.05) is 13.8 Å². The second-order valence-corrected chi connectivity index (χ2v) is 7.04. The van der Waals surface area contributed by atoms with E-state index in [1.54, 1.807) is 13.0 Å². The first-order chi connectivity index (χ1) is 13.3. The molecule has 0 radical (unpaired) electrons. The second kappa shape index (κ2) is 8.02. The van der Waals surface area contributed by atoms with Crippen molar-refractivity contribution >= 4 is 28.5 Å². The van der Waals surface area contributed by atoms with Gasteiger partial charge in [0.2, 0.25) is 5.43 Å². The van der Waals surface area contributed by atoms with Crippen LogP contribution in [0.3, 0.4) is 0 Å². The molecule has 3 aromatic rings. The zero-order valence-corrected chi connectivity index (χ0v) is 16.4. The number of carbonyl (C=O) groups excluding carboxylic acids is 1. The Kier molecular flexibility index (Phi) is 5.70. The molecule has 2 aromatic carbocycles. The Labute approximate surface area is 166 Å². The maximum Gasteiger partial charge on any atom is 0.258 e. The van der Waals surface area contributed by atoms with E-state index < -0.39 is 11.2 Å². The molecule has 0 spiro atoms. The summed E-state index contributed by atoms with van der Waals surface area (Å²) in [4.78, 5) is 24.7. The number of halogens is 2. The van der Waals surface area contributed by atoms with Crippen molar-refractivity contribution in [2.24, 2.45) is 0 Å². The Balaban J connectivity index is 2.00. The smallest absolute Gasteiger partial charge is 0.258 e. The molecule has 28 heavy (non-hydrogen) atoms. The summed E-state index contributed by atoms with van der Waals surface area (Å²) >= 11 is 6.11. The molecule has 1 heterocycles. The number of hydrogen-bond donors (Lipinski definition) is 1. The lowest BCUT2D eigenvalue weighted by molar-refractivity contribution is -0.123. The monoisotopic (exact) mass is 403 g/mol. The van der Waals surface area contributed by atoms with Crippen LogP contribution in [0.15, 0.2) is 45.6 Å². The van der Waals surface area contributed by atoms with Crippen LogP contribution in [0.5, 0.6) is 5.75 Å². The minimum atomic E-state index is -0.599. The SMILES string of the molecule is Cc1oc2cc(OCC(=O)NC(C)C)ccc2c(=O)c1-c1c(F)cccc1Cl. The highest BCUT2D eigenvalue weighted by atomic mass is 35.5.